The molecule has 0 spiro atoms. The minimum atomic E-state index is -3.60. The molecule has 4 rings (SSSR count). The van der Waals surface area contributed by atoms with Crippen molar-refractivity contribution >= 4 is 15.9 Å². The number of amides is 1. The molecule has 1 unspecified atom stereocenters. The molecular weight excluding hydrogens is 416 g/mol. The summed E-state index contributed by atoms with van der Waals surface area (Å²) in [5.74, 6) is -0.207. The number of carbonyl (C=O) groups is 1. The molecule has 0 bridgehead atoms. The molecule has 0 aliphatic carbocycles. The first-order chi connectivity index (χ1) is 14.9. The smallest absolute Gasteiger partial charge is 0.270 e. The van der Waals surface area contributed by atoms with E-state index in [4.69, 9.17) is 4.74 Å². The van der Waals surface area contributed by atoms with Crippen LogP contribution in [0.4, 0.5) is 0 Å². The molecule has 0 saturated carbocycles. The van der Waals surface area contributed by atoms with Crippen LogP contribution in [0.25, 0.3) is 0 Å². The van der Waals surface area contributed by atoms with E-state index in [1.54, 1.807) is 35.1 Å². The Balaban J connectivity index is 1.58. The maximum Gasteiger partial charge on any atom is 0.270 e. The van der Waals surface area contributed by atoms with Crippen molar-refractivity contribution in [3.8, 4) is 0 Å². The molecule has 1 amide bonds. The van der Waals surface area contributed by atoms with Gasteiger partial charge in [0, 0.05) is 58.4 Å². The molecule has 168 valence electrons. The van der Waals surface area contributed by atoms with Crippen molar-refractivity contribution in [1.29, 1.82) is 0 Å². The number of nitrogens with zero attached hydrogens (tertiary/aromatic N) is 4. The Morgan fingerprint density at radius 3 is 2.74 bits per heavy atom. The van der Waals surface area contributed by atoms with Crippen LogP contribution in [0, 0.1) is 0 Å². The fraction of sp³-hybridized carbons (Fsp3) is 0.545. The second-order valence-corrected chi connectivity index (χ2v) is 10.3. The molecular formula is C22H30N4O4S. The van der Waals surface area contributed by atoms with Gasteiger partial charge in [-0.2, -0.15) is 4.31 Å². The maximum absolute atomic E-state index is 13.5. The van der Waals surface area contributed by atoms with Crippen molar-refractivity contribution in [1.82, 2.24) is 18.8 Å². The zero-order valence-electron chi connectivity index (χ0n) is 17.9. The van der Waals surface area contributed by atoms with Gasteiger partial charge in [-0.25, -0.2) is 8.42 Å². The number of piperidine rings is 1. The number of aromatic nitrogens is 2. The number of aryl methyl sites for hydroxylation is 1. The lowest BCUT2D eigenvalue weighted by molar-refractivity contribution is 0.0500. The van der Waals surface area contributed by atoms with E-state index in [9.17, 15) is 13.2 Å². The molecule has 2 aromatic heterocycles. The first-order valence-electron chi connectivity index (χ1n) is 10.9. The number of rotatable bonds is 7. The molecule has 2 fully saturated rings. The van der Waals surface area contributed by atoms with E-state index in [0.29, 0.717) is 38.5 Å². The molecule has 0 radical (unpaired) electrons. The summed E-state index contributed by atoms with van der Waals surface area (Å²) in [5.41, 5.74) is 1.28. The van der Waals surface area contributed by atoms with Crippen LogP contribution < -0.4 is 0 Å². The molecule has 2 aliphatic heterocycles. The number of carbonyl (C=O) groups excluding carboxylic acids is 1. The van der Waals surface area contributed by atoms with Crippen molar-refractivity contribution < 1.29 is 17.9 Å². The zero-order chi connectivity index (χ0) is 21.8. The van der Waals surface area contributed by atoms with Gasteiger partial charge in [-0.15, -0.1) is 0 Å². The summed E-state index contributed by atoms with van der Waals surface area (Å²) < 4.78 is 35.0. The SMILES string of the molecule is Cn1cc(S(=O)(=O)N2CCCCC2)cc1C(=O)N(Cc1cccnc1)CC1CCCO1. The summed E-state index contributed by atoms with van der Waals surface area (Å²) in [5, 5.41) is 0. The van der Waals surface area contributed by atoms with Gasteiger partial charge in [-0.05, 0) is 43.4 Å². The predicted octanol–water partition coefficient (Wildman–Crippen LogP) is 2.42. The lowest BCUT2D eigenvalue weighted by Crippen LogP contribution is -2.37. The summed E-state index contributed by atoms with van der Waals surface area (Å²) in [6.07, 6.45) is 9.69. The highest BCUT2D eigenvalue weighted by Crippen LogP contribution is 2.24. The van der Waals surface area contributed by atoms with E-state index >= 15 is 0 Å². The first kappa shape index (κ1) is 22.0. The fourth-order valence-corrected chi connectivity index (χ4v) is 5.86. The minimum Gasteiger partial charge on any atom is -0.376 e. The van der Waals surface area contributed by atoms with Crippen molar-refractivity contribution in [2.45, 2.75) is 49.6 Å². The van der Waals surface area contributed by atoms with Crippen molar-refractivity contribution in [3.05, 3.63) is 48.0 Å². The minimum absolute atomic E-state index is 0.00237. The van der Waals surface area contributed by atoms with Crippen LogP contribution >= 0.6 is 0 Å². The highest BCUT2D eigenvalue weighted by molar-refractivity contribution is 7.89. The van der Waals surface area contributed by atoms with Crippen molar-refractivity contribution in [3.63, 3.8) is 0 Å². The number of sulfonamides is 1. The van der Waals surface area contributed by atoms with Gasteiger partial charge in [-0.3, -0.25) is 9.78 Å². The lowest BCUT2D eigenvalue weighted by Gasteiger charge is -2.26. The van der Waals surface area contributed by atoms with Crippen molar-refractivity contribution in [2.24, 2.45) is 7.05 Å². The Bertz CT molecular complexity index is 994. The second kappa shape index (κ2) is 9.50. The van der Waals surface area contributed by atoms with Crippen LogP contribution in [-0.2, 0) is 28.4 Å². The summed E-state index contributed by atoms with van der Waals surface area (Å²) in [7, 11) is -1.88. The maximum atomic E-state index is 13.5. The first-order valence-corrected chi connectivity index (χ1v) is 12.4. The molecule has 2 aromatic rings. The predicted molar refractivity (Wildman–Crippen MR) is 116 cm³/mol. The van der Waals surface area contributed by atoms with Crippen LogP contribution in [0.1, 0.15) is 48.2 Å². The number of hydrogen-bond acceptors (Lipinski definition) is 5. The van der Waals surface area contributed by atoms with Gasteiger partial charge in [0.25, 0.3) is 5.91 Å². The lowest BCUT2D eigenvalue weighted by atomic mass is 10.2. The molecule has 0 N–H and O–H groups in total. The third kappa shape index (κ3) is 4.99. The van der Waals surface area contributed by atoms with Crippen LogP contribution in [0.15, 0.2) is 41.7 Å². The average molecular weight is 447 g/mol. The normalized spacial score (nSPS) is 20.1. The molecule has 31 heavy (non-hydrogen) atoms. The molecule has 9 heteroatoms. The molecule has 4 heterocycles. The molecule has 1 atom stereocenters. The van der Waals surface area contributed by atoms with Crippen LogP contribution in [0.5, 0.6) is 0 Å². The summed E-state index contributed by atoms with van der Waals surface area (Å²) in [4.78, 5) is 19.6. The number of pyridine rings is 1. The van der Waals surface area contributed by atoms with E-state index in [0.717, 1.165) is 37.7 Å². The third-order valence-electron chi connectivity index (χ3n) is 5.98. The summed E-state index contributed by atoms with van der Waals surface area (Å²) >= 11 is 0. The van der Waals surface area contributed by atoms with Gasteiger partial charge < -0.3 is 14.2 Å². The van der Waals surface area contributed by atoms with Crippen molar-refractivity contribution in [2.75, 3.05) is 26.2 Å². The van der Waals surface area contributed by atoms with Gasteiger partial charge in [-0.1, -0.05) is 12.5 Å². The van der Waals surface area contributed by atoms with E-state index in [2.05, 4.69) is 4.98 Å². The average Bonchev–Trinajstić information content (AvgIpc) is 3.44. The zero-order valence-corrected chi connectivity index (χ0v) is 18.8. The van der Waals surface area contributed by atoms with E-state index in [-0.39, 0.29) is 16.9 Å². The third-order valence-corrected chi connectivity index (χ3v) is 7.85. The molecule has 0 aromatic carbocycles. The Labute approximate surface area is 183 Å². The number of ether oxygens (including phenoxy) is 1. The number of hydrogen-bond donors (Lipinski definition) is 0. The van der Waals surface area contributed by atoms with Crippen LogP contribution in [0.3, 0.4) is 0 Å². The highest BCUT2D eigenvalue weighted by atomic mass is 32.2. The largest absolute Gasteiger partial charge is 0.376 e. The van der Waals surface area contributed by atoms with Crippen LogP contribution in [-0.4, -0.2) is 65.4 Å². The summed E-state index contributed by atoms with van der Waals surface area (Å²) in [6, 6.07) is 5.29. The van der Waals surface area contributed by atoms with E-state index in [1.807, 2.05) is 12.1 Å². The van der Waals surface area contributed by atoms with Crippen LogP contribution in [0.2, 0.25) is 0 Å². The Morgan fingerprint density at radius 1 is 1.26 bits per heavy atom. The Hall–Kier alpha value is -2.23. The van der Waals surface area contributed by atoms with Gasteiger partial charge >= 0.3 is 0 Å². The van der Waals surface area contributed by atoms with Gasteiger partial charge in [0.15, 0.2) is 0 Å². The quantitative estimate of drug-likeness (QED) is 0.652. The topological polar surface area (TPSA) is 84.7 Å². The monoisotopic (exact) mass is 446 g/mol. The van der Waals surface area contributed by atoms with E-state index in [1.165, 1.54) is 10.4 Å². The van der Waals surface area contributed by atoms with Gasteiger partial charge in [0.2, 0.25) is 10.0 Å². The summed E-state index contributed by atoms with van der Waals surface area (Å²) in [6.45, 7) is 2.64. The Morgan fingerprint density at radius 2 is 2.06 bits per heavy atom. The van der Waals surface area contributed by atoms with Gasteiger partial charge in [0.1, 0.15) is 10.6 Å². The standard InChI is InChI=1S/C22H30N4O4S/c1-24-17-20(31(28,29)26-10-3-2-4-11-26)13-21(24)22(27)25(16-19-8-6-12-30-19)15-18-7-5-9-23-14-18/h5,7,9,13-14,17,19H,2-4,6,8,10-12,15-16H2,1H3. The van der Waals surface area contributed by atoms with Gasteiger partial charge in [0.05, 0.1) is 6.10 Å². The molecule has 2 saturated heterocycles. The molecule has 8 nitrogen and oxygen atoms in total. The van der Waals surface area contributed by atoms with E-state index < -0.39 is 10.0 Å². The highest BCUT2D eigenvalue weighted by Gasteiger charge is 2.30. The Kier molecular flexibility index (Phi) is 6.74. The second-order valence-electron chi connectivity index (χ2n) is 8.32. The fourth-order valence-electron chi connectivity index (χ4n) is 4.27. The molecule has 2 aliphatic rings.